The van der Waals surface area contributed by atoms with Gasteiger partial charge in [-0.3, -0.25) is 15.1 Å². The topological polar surface area (TPSA) is 122 Å². The lowest BCUT2D eigenvalue weighted by atomic mass is 10.0. The molecule has 0 unspecified atom stereocenters. The van der Waals surface area contributed by atoms with Crippen LogP contribution in [0.2, 0.25) is 0 Å². The molecule has 8 nitrogen and oxygen atoms in total. The first-order chi connectivity index (χ1) is 17.4. The van der Waals surface area contributed by atoms with Crippen molar-refractivity contribution in [3.63, 3.8) is 0 Å². The molecule has 0 aliphatic carbocycles. The molecule has 1 aromatic heterocycles. The Hall–Kier alpha value is -4.98. The lowest BCUT2D eigenvalue weighted by molar-refractivity contribution is -0.385. The van der Waals surface area contributed by atoms with Gasteiger partial charge in [-0.2, -0.15) is 0 Å². The fourth-order valence-corrected chi connectivity index (χ4v) is 3.95. The highest BCUT2D eigenvalue weighted by atomic mass is 16.6. The van der Waals surface area contributed by atoms with Gasteiger partial charge in [-0.25, -0.2) is 4.98 Å². The highest BCUT2D eigenvalue weighted by Crippen LogP contribution is 2.35. The van der Waals surface area contributed by atoms with Crippen molar-refractivity contribution in [3.8, 4) is 23.0 Å². The number of aromatic hydroxyl groups is 2. The Kier molecular flexibility index (Phi) is 5.92. The molecule has 0 amide bonds. The highest BCUT2D eigenvalue weighted by Gasteiger charge is 2.19. The Balaban J connectivity index is 1.50. The maximum absolute atomic E-state index is 11.5. The van der Waals surface area contributed by atoms with E-state index in [0.717, 1.165) is 11.1 Å². The van der Waals surface area contributed by atoms with Gasteiger partial charge < -0.3 is 14.6 Å². The van der Waals surface area contributed by atoms with Crippen LogP contribution in [0.25, 0.3) is 22.6 Å². The van der Waals surface area contributed by atoms with Gasteiger partial charge >= 0.3 is 5.69 Å². The summed E-state index contributed by atoms with van der Waals surface area (Å²) in [4.78, 5) is 19.8. The predicted molar refractivity (Wildman–Crippen MR) is 137 cm³/mol. The summed E-state index contributed by atoms with van der Waals surface area (Å²) in [5.41, 5.74) is 4.57. The first-order valence-electron chi connectivity index (χ1n) is 11.2. The van der Waals surface area contributed by atoms with Crippen LogP contribution < -0.4 is 0 Å². The van der Waals surface area contributed by atoms with Gasteiger partial charge in [0.15, 0.2) is 5.58 Å². The van der Waals surface area contributed by atoms with E-state index in [-0.39, 0.29) is 17.2 Å². The van der Waals surface area contributed by atoms with Gasteiger partial charge in [-0.15, -0.1) is 0 Å². The second kappa shape index (κ2) is 9.34. The van der Waals surface area contributed by atoms with E-state index >= 15 is 0 Å². The second-order valence-corrected chi connectivity index (χ2v) is 8.42. The molecule has 2 N–H and O–H groups in total. The van der Waals surface area contributed by atoms with Crippen LogP contribution in [0.15, 0.2) is 88.3 Å². The van der Waals surface area contributed by atoms with E-state index in [1.807, 2.05) is 55.5 Å². The number of fused-ring (bicyclic) bond motifs is 1. The maximum Gasteiger partial charge on any atom is 0.311 e. The van der Waals surface area contributed by atoms with Crippen LogP contribution in [0.1, 0.15) is 22.3 Å². The van der Waals surface area contributed by atoms with E-state index in [1.54, 1.807) is 18.2 Å². The Morgan fingerprint density at radius 3 is 2.58 bits per heavy atom. The van der Waals surface area contributed by atoms with Crippen LogP contribution in [0, 0.1) is 17.0 Å². The number of aryl methyl sites for hydroxylation is 1. The van der Waals surface area contributed by atoms with Gasteiger partial charge in [0, 0.05) is 17.8 Å². The molecule has 5 aromatic rings. The molecule has 36 heavy (non-hydrogen) atoms. The van der Waals surface area contributed by atoms with Gasteiger partial charge in [-0.05, 0) is 66.4 Å². The summed E-state index contributed by atoms with van der Waals surface area (Å²) >= 11 is 0. The first kappa shape index (κ1) is 22.8. The minimum atomic E-state index is -0.616. The molecule has 0 aliphatic rings. The molecule has 0 atom stereocenters. The average molecular weight is 479 g/mol. The third kappa shape index (κ3) is 4.65. The number of hydrogen-bond acceptors (Lipinski definition) is 7. The molecule has 0 radical (unpaired) electrons. The largest absolute Gasteiger partial charge is 0.507 e. The minimum Gasteiger partial charge on any atom is -0.507 e. The van der Waals surface area contributed by atoms with Crippen molar-refractivity contribution < 1.29 is 19.6 Å². The Bertz CT molecular complexity index is 1620. The first-order valence-corrected chi connectivity index (χ1v) is 11.2. The normalized spacial score (nSPS) is 11.4. The Morgan fingerprint density at radius 1 is 1.00 bits per heavy atom. The quantitative estimate of drug-likeness (QED) is 0.164. The lowest BCUT2D eigenvalue weighted by Gasteiger charge is -2.07. The maximum atomic E-state index is 11.5. The van der Waals surface area contributed by atoms with Gasteiger partial charge in [0.1, 0.15) is 11.3 Å². The van der Waals surface area contributed by atoms with Crippen molar-refractivity contribution in [3.05, 3.63) is 111 Å². The zero-order chi connectivity index (χ0) is 25.2. The number of rotatable bonds is 6. The standard InChI is InChI=1S/C28H21N3O5/c1-17-7-10-26-23(11-17)30-28(36-26)22-15-21(8-9-25(22)32)29-16-20-13-19(12-18-5-3-2-4-6-18)14-24(27(20)33)31(34)35/h2-11,13-16,32-33H,12H2,1H3. The number of benzene rings is 4. The molecule has 8 heteroatoms. The van der Waals surface area contributed by atoms with Crippen LogP contribution in [-0.2, 0) is 6.42 Å². The SMILES string of the molecule is Cc1ccc2oc(-c3cc(N=Cc4cc(Cc5ccccc5)cc([N+](=O)[O-])c4O)ccc3O)nc2c1. The molecule has 1 heterocycles. The Morgan fingerprint density at radius 2 is 1.81 bits per heavy atom. The molecule has 0 spiro atoms. The van der Waals surface area contributed by atoms with E-state index in [4.69, 9.17) is 4.42 Å². The number of phenolic OH excluding ortho intramolecular Hbond substituents is 2. The van der Waals surface area contributed by atoms with E-state index in [2.05, 4.69) is 9.98 Å². The van der Waals surface area contributed by atoms with Crippen LogP contribution >= 0.6 is 0 Å². The summed E-state index contributed by atoms with van der Waals surface area (Å²) in [7, 11) is 0. The summed E-state index contributed by atoms with van der Waals surface area (Å²) in [6, 6.07) is 22.9. The van der Waals surface area contributed by atoms with Crippen molar-refractivity contribution >= 4 is 28.7 Å². The van der Waals surface area contributed by atoms with Crippen LogP contribution in [-0.4, -0.2) is 26.3 Å². The lowest BCUT2D eigenvalue weighted by Crippen LogP contribution is -1.97. The number of phenols is 2. The molecule has 0 saturated heterocycles. The molecule has 0 aliphatic heterocycles. The average Bonchev–Trinajstić information content (AvgIpc) is 3.28. The fraction of sp³-hybridized carbons (Fsp3) is 0.0714. The number of oxazole rings is 1. The summed E-state index contributed by atoms with van der Waals surface area (Å²) < 4.78 is 5.80. The number of aliphatic imine (C=N–C) groups is 1. The number of hydrogen-bond donors (Lipinski definition) is 2. The number of nitro groups is 1. The van der Waals surface area contributed by atoms with Crippen molar-refractivity contribution in [2.24, 2.45) is 4.99 Å². The van der Waals surface area contributed by atoms with Gasteiger partial charge in [0.2, 0.25) is 11.6 Å². The monoisotopic (exact) mass is 479 g/mol. The van der Waals surface area contributed by atoms with Crippen molar-refractivity contribution in [2.45, 2.75) is 13.3 Å². The predicted octanol–water partition coefficient (Wildman–Crippen LogP) is 6.46. The van der Waals surface area contributed by atoms with Crippen LogP contribution in [0.5, 0.6) is 11.5 Å². The number of nitro benzene ring substituents is 1. The van der Waals surface area contributed by atoms with E-state index in [0.29, 0.717) is 34.3 Å². The van der Waals surface area contributed by atoms with Crippen LogP contribution in [0.3, 0.4) is 0 Å². The fourth-order valence-electron chi connectivity index (χ4n) is 3.95. The molecular formula is C28H21N3O5. The Labute approximate surface area is 206 Å². The highest BCUT2D eigenvalue weighted by molar-refractivity contribution is 5.88. The second-order valence-electron chi connectivity index (χ2n) is 8.42. The van der Waals surface area contributed by atoms with E-state index in [1.165, 1.54) is 18.3 Å². The summed E-state index contributed by atoms with van der Waals surface area (Å²) in [5, 5.41) is 32.5. The molecular weight excluding hydrogens is 458 g/mol. The zero-order valence-corrected chi connectivity index (χ0v) is 19.3. The van der Waals surface area contributed by atoms with Crippen LogP contribution in [0.4, 0.5) is 11.4 Å². The zero-order valence-electron chi connectivity index (χ0n) is 19.3. The third-order valence-corrected chi connectivity index (χ3v) is 5.73. The summed E-state index contributed by atoms with van der Waals surface area (Å²) in [6.45, 7) is 1.95. The van der Waals surface area contributed by atoms with Crippen molar-refractivity contribution in [2.75, 3.05) is 0 Å². The smallest absolute Gasteiger partial charge is 0.311 e. The molecule has 0 fully saturated rings. The molecule has 5 rings (SSSR count). The van der Waals surface area contributed by atoms with Gasteiger partial charge in [-0.1, -0.05) is 36.4 Å². The van der Waals surface area contributed by atoms with E-state index < -0.39 is 16.4 Å². The minimum absolute atomic E-state index is 0.0272. The van der Waals surface area contributed by atoms with Gasteiger partial charge in [0.05, 0.1) is 16.2 Å². The molecule has 0 saturated carbocycles. The molecule has 4 aromatic carbocycles. The van der Waals surface area contributed by atoms with Gasteiger partial charge in [0.25, 0.3) is 0 Å². The molecule has 178 valence electrons. The summed E-state index contributed by atoms with van der Waals surface area (Å²) in [5.74, 6) is -0.247. The number of nitrogens with zero attached hydrogens (tertiary/aromatic N) is 3. The molecule has 0 bridgehead atoms. The number of aromatic nitrogens is 1. The van der Waals surface area contributed by atoms with E-state index in [9.17, 15) is 20.3 Å². The third-order valence-electron chi connectivity index (χ3n) is 5.73. The van der Waals surface area contributed by atoms with Crippen molar-refractivity contribution in [1.29, 1.82) is 0 Å². The van der Waals surface area contributed by atoms with Crippen molar-refractivity contribution in [1.82, 2.24) is 4.98 Å². The summed E-state index contributed by atoms with van der Waals surface area (Å²) in [6.07, 6.45) is 1.83.